The zero-order chi connectivity index (χ0) is 23.8. The first-order valence-electron chi connectivity index (χ1n) is 10.9. The van der Waals surface area contributed by atoms with E-state index in [2.05, 4.69) is 36.0 Å². The van der Waals surface area contributed by atoms with Gasteiger partial charge in [0.2, 0.25) is 11.9 Å². The molecule has 1 saturated heterocycles. The first-order chi connectivity index (χ1) is 15.6. The number of imidazole rings is 1. The summed E-state index contributed by atoms with van der Waals surface area (Å²) in [5.74, 6) is -2.04. The molecule has 0 aliphatic carbocycles. The van der Waals surface area contributed by atoms with Crippen LogP contribution in [0.3, 0.4) is 0 Å². The highest BCUT2D eigenvalue weighted by Crippen LogP contribution is 2.38. The molecule has 2 heterocycles. The maximum absolute atomic E-state index is 14.7. The Bertz CT molecular complexity index is 1160. The van der Waals surface area contributed by atoms with Gasteiger partial charge < -0.3 is 4.57 Å². The molecule has 0 radical (unpaired) electrons. The van der Waals surface area contributed by atoms with Crippen molar-refractivity contribution in [1.29, 1.82) is 0 Å². The van der Waals surface area contributed by atoms with Crippen LogP contribution in [0.2, 0.25) is 5.02 Å². The number of benzene rings is 2. The molecule has 1 aromatic heterocycles. The maximum Gasteiger partial charge on any atom is 0.231 e. The Labute approximate surface area is 197 Å². The molecule has 3 aromatic rings. The summed E-state index contributed by atoms with van der Waals surface area (Å²) in [6, 6.07) is 11.0. The van der Waals surface area contributed by atoms with Crippen molar-refractivity contribution in [3.8, 4) is 0 Å². The number of nitrogens with zero attached hydrogens (tertiary/aromatic N) is 3. The van der Waals surface area contributed by atoms with Crippen LogP contribution >= 0.6 is 11.6 Å². The fourth-order valence-corrected chi connectivity index (χ4v) is 4.50. The highest BCUT2D eigenvalue weighted by Gasteiger charge is 2.43. The van der Waals surface area contributed by atoms with Gasteiger partial charge in [0.15, 0.2) is 0 Å². The van der Waals surface area contributed by atoms with Crippen molar-refractivity contribution in [3.05, 3.63) is 82.6 Å². The summed E-state index contributed by atoms with van der Waals surface area (Å²) in [5.41, 5.74) is 1.05. The van der Waals surface area contributed by atoms with Crippen LogP contribution in [0, 0.1) is 17.6 Å². The minimum Gasteiger partial charge on any atom is -0.313 e. The first-order valence-corrected chi connectivity index (χ1v) is 11.3. The van der Waals surface area contributed by atoms with E-state index in [1.54, 1.807) is 12.4 Å². The summed E-state index contributed by atoms with van der Waals surface area (Å²) < 4.78 is 30.0. The monoisotopic (exact) mass is 472 g/mol. The number of carbonyl (C=O) groups excluding carboxylic acids is 1. The molecule has 8 heteroatoms. The van der Waals surface area contributed by atoms with Crippen LogP contribution in [0.5, 0.6) is 0 Å². The van der Waals surface area contributed by atoms with Crippen molar-refractivity contribution in [2.75, 3.05) is 18.4 Å². The quantitative estimate of drug-likeness (QED) is 0.547. The van der Waals surface area contributed by atoms with E-state index in [0.717, 1.165) is 11.6 Å². The predicted octanol–water partition coefficient (Wildman–Crippen LogP) is 5.32. The second-order valence-electron chi connectivity index (χ2n) is 9.41. The van der Waals surface area contributed by atoms with Crippen molar-refractivity contribution in [2.45, 2.75) is 38.8 Å². The molecule has 0 unspecified atom stereocenters. The Kier molecular flexibility index (Phi) is 6.54. The number of likely N-dealkylation sites (tertiary alicyclic amines) is 1. The van der Waals surface area contributed by atoms with Gasteiger partial charge in [-0.3, -0.25) is 15.0 Å². The number of amides is 1. The SMILES string of the molecule is CC(C)(C)N1C[C@@H](C(=O)Nc2nccn2Cc2ccccc2Cl)[C@H](c2ccc(F)cc2F)C1. The molecule has 0 saturated carbocycles. The number of nitrogens with one attached hydrogen (secondary N) is 1. The smallest absolute Gasteiger partial charge is 0.231 e. The molecule has 1 aliphatic rings. The lowest BCUT2D eigenvalue weighted by molar-refractivity contribution is -0.120. The first kappa shape index (κ1) is 23.4. The Balaban J connectivity index is 1.58. The Hall–Kier alpha value is -2.77. The van der Waals surface area contributed by atoms with E-state index in [1.165, 1.54) is 12.1 Å². The summed E-state index contributed by atoms with van der Waals surface area (Å²) in [4.78, 5) is 19.9. The van der Waals surface area contributed by atoms with Crippen molar-refractivity contribution in [1.82, 2.24) is 14.5 Å². The molecule has 0 spiro atoms. The second-order valence-corrected chi connectivity index (χ2v) is 9.82. The highest BCUT2D eigenvalue weighted by molar-refractivity contribution is 6.31. The van der Waals surface area contributed by atoms with Gasteiger partial charge in [0, 0.05) is 48.0 Å². The highest BCUT2D eigenvalue weighted by atomic mass is 35.5. The third-order valence-corrected chi connectivity index (χ3v) is 6.59. The van der Waals surface area contributed by atoms with Crippen LogP contribution in [0.1, 0.15) is 37.8 Å². The second kappa shape index (κ2) is 9.23. The number of hydrogen-bond donors (Lipinski definition) is 1. The maximum atomic E-state index is 14.7. The molecule has 1 amide bonds. The van der Waals surface area contributed by atoms with Gasteiger partial charge in [0.1, 0.15) is 11.6 Å². The Morgan fingerprint density at radius 3 is 2.64 bits per heavy atom. The lowest BCUT2D eigenvalue weighted by Gasteiger charge is -2.31. The van der Waals surface area contributed by atoms with Gasteiger partial charge in [-0.05, 0) is 44.0 Å². The zero-order valence-corrected chi connectivity index (χ0v) is 19.6. The van der Waals surface area contributed by atoms with Gasteiger partial charge >= 0.3 is 0 Å². The van der Waals surface area contributed by atoms with E-state index in [-0.39, 0.29) is 11.4 Å². The van der Waals surface area contributed by atoms with Crippen LogP contribution in [-0.4, -0.2) is 39.0 Å². The van der Waals surface area contributed by atoms with Crippen LogP contribution < -0.4 is 5.32 Å². The predicted molar refractivity (Wildman–Crippen MR) is 125 cm³/mol. The molecule has 5 nitrogen and oxygen atoms in total. The molecular weight excluding hydrogens is 446 g/mol. The van der Waals surface area contributed by atoms with Crippen molar-refractivity contribution < 1.29 is 13.6 Å². The fraction of sp³-hybridized carbons (Fsp3) is 0.360. The summed E-state index contributed by atoms with van der Waals surface area (Å²) in [6.07, 6.45) is 3.38. The van der Waals surface area contributed by atoms with Crippen LogP contribution in [0.4, 0.5) is 14.7 Å². The van der Waals surface area contributed by atoms with Gasteiger partial charge in [-0.25, -0.2) is 13.8 Å². The molecule has 1 N–H and O–H groups in total. The van der Waals surface area contributed by atoms with Crippen molar-refractivity contribution in [2.24, 2.45) is 5.92 Å². The summed E-state index contributed by atoms with van der Waals surface area (Å²) in [5, 5.41) is 3.55. The van der Waals surface area contributed by atoms with Gasteiger partial charge in [-0.1, -0.05) is 35.9 Å². The molecule has 2 atom stereocenters. The topological polar surface area (TPSA) is 50.2 Å². The summed E-state index contributed by atoms with van der Waals surface area (Å²) in [6.45, 7) is 7.58. The summed E-state index contributed by atoms with van der Waals surface area (Å²) >= 11 is 6.29. The number of aromatic nitrogens is 2. The molecule has 4 rings (SSSR count). The van der Waals surface area contributed by atoms with E-state index < -0.39 is 23.5 Å². The van der Waals surface area contributed by atoms with Crippen molar-refractivity contribution >= 4 is 23.5 Å². The van der Waals surface area contributed by atoms with E-state index in [1.807, 2.05) is 28.8 Å². The molecule has 174 valence electrons. The molecular formula is C25H27ClF2N4O. The standard InChI is InChI=1S/C25H27ClF2N4O/c1-25(2,3)32-14-19(18-9-8-17(27)12-22(18)28)20(15-32)23(33)30-24-29-10-11-31(24)13-16-6-4-5-7-21(16)26/h4-12,19-20H,13-15H2,1-3H3,(H,29,30,33)/t19-,20+/m0/s1. The lowest BCUT2D eigenvalue weighted by Crippen LogP contribution is -2.40. The number of hydrogen-bond acceptors (Lipinski definition) is 3. The average Bonchev–Trinajstić information content (AvgIpc) is 3.37. The van der Waals surface area contributed by atoms with E-state index in [0.29, 0.717) is 36.2 Å². The third kappa shape index (κ3) is 5.09. The average molecular weight is 473 g/mol. The van der Waals surface area contributed by atoms with E-state index >= 15 is 0 Å². The number of carbonyl (C=O) groups is 1. The third-order valence-electron chi connectivity index (χ3n) is 6.22. The fourth-order valence-electron chi connectivity index (χ4n) is 4.31. The lowest BCUT2D eigenvalue weighted by atomic mass is 9.88. The van der Waals surface area contributed by atoms with Gasteiger partial charge in [-0.2, -0.15) is 0 Å². The van der Waals surface area contributed by atoms with Crippen LogP contribution in [-0.2, 0) is 11.3 Å². The molecule has 1 fully saturated rings. The molecule has 1 aliphatic heterocycles. The molecule has 33 heavy (non-hydrogen) atoms. The van der Waals surface area contributed by atoms with E-state index in [4.69, 9.17) is 11.6 Å². The summed E-state index contributed by atoms with van der Waals surface area (Å²) in [7, 11) is 0. The van der Waals surface area contributed by atoms with Crippen LogP contribution in [0.25, 0.3) is 0 Å². The normalized spacial score (nSPS) is 19.1. The van der Waals surface area contributed by atoms with Gasteiger partial charge in [0.05, 0.1) is 12.5 Å². The number of anilines is 1. The Morgan fingerprint density at radius 2 is 1.94 bits per heavy atom. The molecule has 0 bridgehead atoms. The number of halogens is 3. The van der Waals surface area contributed by atoms with Crippen LogP contribution in [0.15, 0.2) is 54.9 Å². The zero-order valence-electron chi connectivity index (χ0n) is 18.9. The minimum atomic E-state index is -0.635. The largest absolute Gasteiger partial charge is 0.313 e. The minimum absolute atomic E-state index is 0.202. The van der Waals surface area contributed by atoms with Crippen molar-refractivity contribution in [3.63, 3.8) is 0 Å². The van der Waals surface area contributed by atoms with E-state index in [9.17, 15) is 13.6 Å². The van der Waals surface area contributed by atoms with Gasteiger partial charge in [-0.15, -0.1) is 0 Å². The van der Waals surface area contributed by atoms with Gasteiger partial charge in [0.25, 0.3) is 0 Å². The Morgan fingerprint density at radius 1 is 1.18 bits per heavy atom. The number of rotatable bonds is 5. The molecule has 2 aromatic carbocycles.